The molecule has 0 fully saturated rings. The van der Waals surface area contributed by atoms with Crippen LogP contribution in [0.25, 0.3) is 5.31 Å². The van der Waals surface area contributed by atoms with Crippen molar-refractivity contribution < 1.29 is 27.6 Å². The minimum Gasteiger partial charge on any atom is -0.464 e. The molecule has 0 unspecified atom stereocenters. The number of ether oxygens (including phenoxy) is 1. The zero-order valence-corrected chi connectivity index (χ0v) is 13.6. The Labute approximate surface area is 124 Å². The second kappa shape index (κ2) is 8.17. The van der Waals surface area contributed by atoms with E-state index in [1.165, 1.54) is 6.26 Å². The third kappa shape index (κ3) is 4.56. The van der Waals surface area contributed by atoms with Crippen LogP contribution in [0, 0.1) is 6.92 Å². The first kappa shape index (κ1) is 17.7. The molecule has 0 aliphatic rings. The molecule has 0 radical (unpaired) electrons. The third-order valence-corrected chi connectivity index (χ3v) is 4.65. The Hall–Kier alpha value is -1.36. The molecule has 0 spiro atoms. The first-order valence-electron chi connectivity index (χ1n) is 6.81. The lowest BCUT2D eigenvalue weighted by molar-refractivity contribution is -0.137. The second-order valence-electron chi connectivity index (χ2n) is 4.05. The maximum absolute atomic E-state index is 12.9. The van der Waals surface area contributed by atoms with E-state index in [4.69, 9.17) is 18.2 Å². The van der Waals surface area contributed by atoms with E-state index >= 15 is 0 Å². The molecule has 0 bridgehead atoms. The number of furan rings is 1. The molecular weight excluding hydrogens is 295 g/mol. The topological polar surface area (TPSA) is 75.0 Å². The standard InChI is InChI=1S/C14H21O6P/c1-5-17-13(15)10-12(14-11(4)8-9-18-14)21(16,19-6-2)20-7-3/h8-10H,5-7H2,1-4H3. The van der Waals surface area contributed by atoms with Crippen LogP contribution >= 0.6 is 7.60 Å². The van der Waals surface area contributed by atoms with Gasteiger partial charge in [-0.3, -0.25) is 4.57 Å². The second-order valence-corrected chi connectivity index (χ2v) is 6.04. The fourth-order valence-electron chi connectivity index (χ4n) is 1.72. The summed E-state index contributed by atoms with van der Waals surface area (Å²) >= 11 is 0. The van der Waals surface area contributed by atoms with E-state index in [1.807, 2.05) is 0 Å². The summed E-state index contributed by atoms with van der Waals surface area (Å²) in [6.07, 6.45) is 2.56. The van der Waals surface area contributed by atoms with Gasteiger partial charge in [-0.2, -0.15) is 0 Å². The number of carbonyl (C=O) groups is 1. The first-order valence-corrected chi connectivity index (χ1v) is 8.35. The molecule has 0 aliphatic carbocycles. The molecule has 0 saturated carbocycles. The Bertz CT molecular complexity index is 535. The van der Waals surface area contributed by atoms with Gasteiger partial charge in [0.1, 0.15) is 11.1 Å². The lowest BCUT2D eigenvalue weighted by atomic mass is 10.2. The average Bonchev–Trinajstić information content (AvgIpc) is 2.83. The van der Waals surface area contributed by atoms with Gasteiger partial charge in [-0.05, 0) is 39.3 Å². The Morgan fingerprint density at radius 1 is 1.24 bits per heavy atom. The highest BCUT2D eigenvalue weighted by molar-refractivity contribution is 7.65. The number of hydrogen-bond acceptors (Lipinski definition) is 6. The maximum Gasteiger partial charge on any atom is 0.365 e. The molecule has 118 valence electrons. The first-order chi connectivity index (χ1) is 9.98. The number of rotatable bonds is 8. The van der Waals surface area contributed by atoms with Gasteiger partial charge in [0.15, 0.2) is 0 Å². The third-order valence-electron chi connectivity index (χ3n) is 2.53. The Morgan fingerprint density at radius 3 is 2.29 bits per heavy atom. The molecule has 1 heterocycles. The normalized spacial score (nSPS) is 12.5. The lowest BCUT2D eigenvalue weighted by Gasteiger charge is -2.19. The highest BCUT2D eigenvalue weighted by Crippen LogP contribution is 2.60. The van der Waals surface area contributed by atoms with Crippen LogP contribution in [0.15, 0.2) is 22.8 Å². The van der Waals surface area contributed by atoms with E-state index in [0.29, 0.717) is 5.76 Å². The van der Waals surface area contributed by atoms with Gasteiger partial charge in [0.2, 0.25) is 0 Å². The fourth-order valence-corrected chi connectivity index (χ4v) is 3.49. The predicted octanol–water partition coefficient (Wildman–Crippen LogP) is 3.76. The van der Waals surface area contributed by atoms with Gasteiger partial charge >= 0.3 is 13.6 Å². The maximum atomic E-state index is 12.9. The Morgan fingerprint density at radius 2 is 1.86 bits per heavy atom. The molecule has 0 saturated heterocycles. The molecule has 1 aromatic heterocycles. The molecule has 0 N–H and O–H groups in total. The molecule has 7 heteroatoms. The SMILES string of the molecule is CCOC(=O)C=C(c1occc1C)P(=O)(OCC)OCC. The van der Waals surface area contributed by atoms with E-state index in [1.54, 1.807) is 33.8 Å². The molecule has 0 amide bonds. The quantitative estimate of drug-likeness (QED) is 0.413. The van der Waals surface area contributed by atoms with Gasteiger partial charge in [-0.25, -0.2) is 4.79 Å². The number of carbonyl (C=O) groups excluding carboxylic acids is 1. The highest BCUT2D eigenvalue weighted by Gasteiger charge is 2.34. The molecule has 6 nitrogen and oxygen atoms in total. The van der Waals surface area contributed by atoms with Crippen molar-refractivity contribution in [1.29, 1.82) is 0 Å². The van der Waals surface area contributed by atoms with Crippen molar-refractivity contribution in [2.45, 2.75) is 27.7 Å². The number of esters is 1. The van der Waals surface area contributed by atoms with Gasteiger partial charge < -0.3 is 18.2 Å². The molecule has 0 aromatic carbocycles. The molecule has 0 aliphatic heterocycles. The van der Waals surface area contributed by atoms with Gasteiger partial charge in [0.05, 0.1) is 26.1 Å². The zero-order valence-electron chi connectivity index (χ0n) is 12.8. The summed E-state index contributed by atoms with van der Waals surface area (Å²) in [5.74, 6) is -0.323. The van der Waals surface area contributed by atoms with Crippen molar-refractivity contribution >= 4 is 18.9 Å². The largest absolute Gasteiger partial charge is 0.464 e. The summed E-state index contributed by atoms with van der Waals surface area (Å²) in [4.78, 5) is 11.7. The zero-order chi connectivity index (χ0) is 15.9. The van der Waals surface area contributed by atoms with E-state index in [0.717, 1.165) is 11.6 Å². The van der Waals surface area contributed by atoms with Crippen LogP contribution < -0.4 is 0 Å². The van der Waals surface area contributed by atoms with Crippen molar-refractivity contribution in [2.24, 2.45) is 0 Å². The minimum atomic E-state index is -3.66. The van der Waals surface area contributed by atoms with Crippen molar-refractivity contribution in [3.8, 4) is 0 Å². The smallest absolute Gasteiger partial charge is 0.365 e. The van der Waals surface area contributed by atoms with E-state index in [-0.39, 0.29) is 25.1 Å². The van der Waals surface area contributed by atoms with Crippen LogP contribution in [-0.2, 0) is 23.1 Å². The average molecular weight is 316 g/mol. The molecular formula is C14H21O6P. The Balaban J connectivity index is 3.33. The van der Waals surface area contributed by atoms with E-state index in [9.17, 15) is 9.36 Å². The fraction of sp³-hybridized carbons (Fsp3) is 0.500. The number of aryl methyl sites for hydroxylation is 1. The van der Waals surface area contributed by atoms with Gasteiger partial charge in [0, 0.05) is 6.08 Å². The molecule has 1 rings (SSSR count). The lowest BCUT2D eigenvalue weighted by Crippen LogP contribution is -2.04. The Kier molecular flexibility index (Phi) is 6.89. The van der Waals surface area contributed by atoms with Crippen LogP contribution in [-0.4, -0.2) is 25.8 Å². The van der Waals surface area contributed by atoms with Crippen molar-refractivity contribution in [2.75, 3.05) is 19.8 Å². The summed E-state index contributed by atoms with van der Waals surface area (Å²) in [6.45, 7) is 7.43. The molecule has 0 atom stereocenters. The van der Waals surface area contributed by atoms with Gasteiger partial charge in [0.25, 0.3) is 0 Å². The number of hydrogen-bond donors (Lipinski definition) is 0. The monoisotopic (exact) mass is 316 g/mol. The summed E-state index contributed by atoms with van der Waals surface area (Å²) in [5, 5.41) is 0.0761. The molecule has 1 aromatic rings. The minimum absolute atomic E-state index is 0.0761. The highest BCUT2D eigenvalue weighted by atomic mass is 31.2. The van der Waals surface area contributed by atoms with Crippen LogP contribution in [0.1, 0.15) is 32.1 Å². The van der Waals surface area contributed by atoms with Crippen LogP contribution in [0.4, 0.5) is 0 Å². The summed E-state index contributed by atoms with van der Waals surface area (Å²) < 4.78 is 33.7. The van der Waals surface area contributed by atoms with Gasteiger partial charge in [-0.15, -0.1) is 0 Å². The summed E-state index contributed by atoms with van der Waals surface area (Å²) in [5.41, 5.74) is 0.727. The van der Waals surface area contributed by atoms with Crippen LogP contribution in [0.5, 0.6) is 0 Å². The van der Waals surface area contributed by atoms with Gasteiger partial charge in [-0.1, -0.05) is 0 Å². The van der Waals surface area contributed by atoms with Crippen molar-refractivity contribution in [3.05, 3.63) is 29.7 Å². The van der Waals surface area contributed by atoms with E-state index in [2.05, 4.69) is 0 Å². The summed E-state index contributed by atoms with van der Waals surface area (Å²) in [6, 6.07) is 1.70. The molecule has 21 heavy (non-hydrogen) atoms. The summed E-state index contributed by atoms with van der Waals surface area (Å²) in [7, 11) is -3.66. The predicted molar refractivity (Wildman–Crippen MR) is 78.9 cm³/mol. The van der Waals surface area contributed by atoms with Crippen LogP contribution in [0.3, 0.4) is 0 Å². The van der Waals surface area contributed by atoms with Crippen LogP contribution in [0.2, 0.25) is 0 Å². The van der Waals surface area contributed by atoms with E-state index < -0.39 is 13.6 Å². The van der Waals surface area contributed by atoms with Crippen molar-refractivity contribution in [3.63, 3.8) is 0 Å². The van der Waals surface area contributed by atoms with Crippen molar-refractivity contribution in [1.82, 2.24) is 0 Å².